The fraction of sp³-hybridized carbons (Fsp3) is 0.600. The average Bonchev–Trinajstić information content (AvgIpc) is 2.48. The first kappa shape index (κ1) is 14.8. The highest BCUT2D eigenvalue weighted by Gasteiger charge is 2.21. The molecule has 0 bridgehead atoms. The molecule has 5 heteroatoms. The van der Waals surface area contributed by atoms with Crippen LogP contribution < -0.4 is 10.2 Å². The summed E-state index contributed by atoms with van der Waals surface area (Å²) in [7, 11) is 0. The second-order valence-electron chi connectivity index (χ2n) is 5.41. The van der Waals surface area contributed by atoms with Crippen molar-refractivity contribution in [2.24, 2.45) is 0 Å². The number of anilines is 1. The van der Waals surface area contributed by atoms with Gasteiger partial charge in [0.05, 0.1) is 0 Å². The van der Waals surface area contributed by atoms with E-state index in [4.69, 9.17) is 0 Å². The van der Waals surface area contributed by atoms with Crippen molar-refractivity contribution in [1.29, 1.82) is 0 Å². The summed E-state index contributed by atoms with van der Waals surface area (Å²) >= 11 is 0. The van der Waals surface area contributed by atoms with Gasteiger partial charge < -0.3 is 15.1 Å². The fourth-order valence-corrected chi connectivity index (χ4v) is 2.35. The SMILES string of the molecule is CC(C)NCCC(=O)N1CCN(c2ccccn2)CC1. The fourth-order valence-electron chi connectivity index (χ4n) is 2.35. The van der Waals surface area contributed by atoms with Crippen LogP contribution in [0.1, 0.15) is 20.3 Å². The lowest BCUT2D eigenvalue weighted by molar-refractivity contribution is -0.131. The maximum absolute atomic E-state index is 12.1. The van der Waals surface area contributed by atoms with Gasteiger partial charge in [-0.2, -0.15) is 0 Å². The maximum Gasteiger partial charge on any atom is 0.223 e. The monoisotopic (exact) mass is 276 g/mol. The van der Waals surface area contributed by atoms with Crippen LogP contribution in [0.2, 0.25) is 0 Å². The summed E-state index contributed by atoms with van der Waals surface area (Å²) in [4.78, 5) is 20.6. The molecule has 110 valence electrons. The molecule has 0 atom stereocenters. The highest BCUT2D eigenvalue weighted by molar-refractivity contribution is 5.76. The standard InChI is InChI=1S/C15H24N4O/c1-13(2)16-8-6-15(20)19-11-9-18(10-12-19)14-5-3-4-7-17-14/h3-5,7,13,16H,6,8-12H2,1-2H3. The lowest BCUT2D eigenvalue weighted by Gasteiger charge is -2.35. The van der Waals surface area contributed by atoms with Gasteiger partial charge in [0.2, 0.25) is 5.91 Å². The summed E-state index contributed by atoms with van der Waals surface area (Å²) in [5.74, 6) is 1.25. The van der Waals surface area contributed by atoms with Crippen LogP contribution >= 0.6 is 0 Å². The molecule has 1 fully saturated rings. The van der Waals surface area contributed by atoms with E-state index >= 15 is 0 Å². The van der Waals surface area contributed by atoms with E-state index in [0.29, 0.717) is 12.5 Å². The van der Waals surface area contributed by atoms with Gasteiger partial charge in [-0.15, -0.1) is 0 Å². The zero-order chi connectivity index (χ0) is 14.4. The van der Waals surface area contributed by atoms with Crippen LogP contribution in [0.25, 0.3) is 0 Å². The molecule has 0 unspecified atom stereocenters. The van der Waals surface area contributed by atoms with Crippen molar-refractivity contribution >= 4 is 11.7 Å². The van der Waals surface area contributed by atoms with E-state index < -0.39 is 0 Å². The Hall–Kier alpha value is -1.62. The third kappa shape index (κ3) is 4.20. The Morgan fingerprint density at radius 3 is 2.65 bits per heavy atom. The number of piperazine rings is 1. The molecule has 1 aliphatic heterocycles. The summed E-state index contributed by atoms with van der Waals surface area (Å²) in [6, 6.07) is 6.37. The van der Waals surface area contributed by atoms with Crippen LogP contribution in [0.15, 0.2) is 24.4 Å². The van der Waals surface area contributed by atoms with Crippen molar-refractivity contribution in [3.8, 4) is 0 Å². The second kappa shape index (κ2) is 7.24. The van der Waals surface area contributed by atoms with Crippen molar-refractivity contribution in [2.75, 3.05) is 37.6 Å². The van der Waals surface area contributed by atoms with Crippen LogP contribution in [0.3, 0.4) is 0 Å². The zero-order valence-corrected chi connectivity index (χ0v) is 12.4. The predicted octanol–water partition coefficient (Wildman–Crippen LogP) is 1.12. The average molecular weight is 276 g/mol. The summed E-state index contributed by atoms with van der Waals surface area (Å²) in [6.45, 7) is 8.25. The van der Waals surface area contributed by atoms with E-state index in [1.54, 1.807) is 0 Å². The Balaban J connectivity index is 1.75. The second-order valence-corrected chi connectivity index (χ2v) is 5.41. The molecule has 1 aliphatic rings. The Labute approximate surface area is 121 Å². The van der Waals surface area contributed by atoms with Crippen molar-refractivity contribution in [2.45, 2.75) is 26.3 Å². The van der Waals surface area contributed by atoms with Crippen LogP contribution in [-0.4, -0.2) is 54.6 Å². The molecule has 1 amide bonds. The van der Waals surface area contributed by atoms with Gasteiger partial charge in [0.25, 0.3) is 0 Å². The first-order valence-electron chi connectivity index (χ1n) is 7.34. The van der Waals surface area contributed by atoms with Gasteiger partial charge in [-0.25, -0.2) is 4.98 Å². The molecule has 0 radical (unpaired) electrons. The summed E-state index contributed by atoms with van der Waals surface area (Å²) < 4.78 is 0. The third-order valence-electron chi connectivity index (χ3n) is 3.50. The van der Waals surface area contributed by atoms with Crippen molar-refractivity contribution < 1.29 is 4.79 Å². The number of aromatic nitrogens is 1. The molecule has 20 heavy (non-hydrogen) atoms. The van der Waals surface area contributed by atoms with Crippen molar-refractivity contribution in [3.05, 3.63) is 24.4 Å². The van der Waals surface area contributed by atoms with Gasteiger partial charge in [0, 0.05) is 51.4 Å². The number of amides is 1. The molecular weight excluding hydrogens is 252 g/mol. The molecule has 0 spiro atoms. The van der Waals surface area contributed by atoms with Gasteiger partial charge in [0.1, 0.15) is 5.82 Å². The van der Waals surface area contributed by atoms with Crippen LogP contribution in [0.5, 0.6) is 0 Å². The molecule has 1 N–H and O–H groups in total. The smallest absolute Gasteiger partial charge is 0.223 e. The Kier molecular flexibility index (Phi) is 5.35. The van der Waals surface area contributed by atoms with E-state index in [1.165, 1.54) is 0 Å². The van der Waals surface area contributed by atoms with Gasteiger partial charge in [-0.1, -0.05) is 19.9 Å². The van der Waals surface area contributed by atoms with E-state index in [2.05, 4.69) is 29.0 Å². The Bertz CT molecular complexity index is 413. The number of nitrogens with one attached hydrogen (secondary N) is 1. The Morgan fingerprint density at radius 1 is 1.30 bits per heavy atom. The van der Waals surface area contributed by atoms with Crippen molar-refractivity contribution in [1.82, 2.24) is 15.2 Å². The number of hydrogen-bond acceptors (Lipinski definition) is 4. The minimum Gasteiger partial charge on any atom is -0.353 e. The van der Waals surface area contributed by atoms with Gasteiger partial charge in [0.15, 0.2) is 0 Å². The molecular formula is C15H24N4O. The van der Waals surface area contributed by atoms with Gasteiger partial charge in [-0.05, 0) is 12.1 Å². The number of carbonyl (C=O) groups excluding carboxylic acids is 1. The van der Waals surface area contributed by atoms with Crippen LogP contribution in [0.4, 0.5) is 5.82 Å². The number of hydrogen-bond donors (Lipinski definition) is 1. The van der Waals surface area contributed by atoms with Gasteiger partial charge >= 0.3 is 0 Å². The number of carbonyl (C=O) groups is 1. The highest BCUT2D eigenvalue weighted by Crippen LogP contribution is 2.12. The maximum atomic E-state index is 12.1. The molecule has 2 heterocycles. The normalized spacial score (nSPS) is 15.8. The first-order chi connectivity index (χ1) is 9.66. The summed E-state index contributed by atoms with van der Waals surface area (Å²) in [5, 5.41) is 3.28. The molecule has 2 rings (SSSR count). The van der Waals surface area contributed by atoms with Gasteiger partial charge in [-0.3, -0.25) is 4.79 Å². The largest absolute Gasteiger partial charge is 0.353 e. The minimum atomic E-state index is 0.249. The van der Waals surface area contributed by atoms with E-state index in [9.17, 15) is 4.79 Å². The molecule has 1 aromatic heterocycles. The lowest BCUT2D eigenvalue weighted by atomic mass is 10.2. The molecule has 0 aromatic carbocycles. The highest BCUT2D eigenvalue weighted by atomic mass is 16.2. The number of pyridine rings is 1. The topological polar surface area (TPSA) is 48.5 Å². The molecule has 0 aliphatic carbocycles. The minimum absolute atomic E-state index is 0.249. The number of rotatable bonds is 5. The van der Waals surface area contributed by atoms with E-state index in [-0.39, 0.29) is 5.91 Å². The van der Waals surface area contributed by atoms with E-state index in [0.717, 1.165) is 38.5 Å². The van der Waals surface area contributed by atoms with Crippen molar-refractivity contribution in [3.63, 3.8) is 0 Å². The molecule has 1 saturated heterocycles. The Morgan fingerprint density at radius 2 is 2.05 bits per heavy atom. The zero-order valence-electron chi connectivity index (χ0n) is 12.4. The summed E-state index contributed by atoms with van der Waals surface area (Å²) in [6.07, 6.45) is 2.40. The van der Waals surface area contributed by atoms with Crippen LogP contribution in [0, 0.1) is 0 Å². The molecule has 1 aromatic rings. The van der Waals surface area contributed by atoms with Crippen LogP contribution in [-0.2, 0) is 4.79 Å². The third-order valence-corrected chi connectivity index (χ3v) is 3.50. The quantitative estimate of drug-likeness (QED) is 0.875. The summed E-state index contributed by atoms with van der Waals surface area (Å²) in [5.41, 5.74) is 0. The molecule has 0 saturated carbocycles. The molecule has 5 nitrogen and oxygen atoms in total. The van der Waals surface area contributed by atoms with E-state index in [1.807, 2.05) is 29.3 Å². The lowest BCUT2D eigenvalue weighted by Crippen LogP contribution is -2.49. The first-order valence-corrected chi connectivity index (χ1v) is 7.34. The number of nitrogens with zero attached hydrogens (tertiary/aromatic N) is 3. The predicted molar refractivity (Wildman–Crippen MR) is 80.8 cm³/mol.